The highest BCUT2D eigenvalue weighted by Gasteiger charge is 2.20. The third kappa shape index (κ3) is 4.78. The van der Waals surface area contributed by atoms with Gasteiger partial charge in [0.05, 0.1) is 6.61 Å². The van der Waals surface area contributed by atoms with Gasteiger partial charge in [0.15, 0.2) is 0 Å². The molecular formula is C16H25NO3. The van der Waals surface area contributed by atoms with Crippen LogP contribution in [0.1, 0.15) is 18.9 Å². The second-order valence-electron chi connectivity index (χ2n) is 5.52. The van der Waals surface area contributed by atoms with Crippen LogP contribution < -0.4 is 4.74 Å². The molecule has 1 aromatic rings. The van der Waals surface area contributed by atoms with Crippen LogP contribution in [-0.4, -0.2) is 55.1 Å². The summed E-state index contributed by atoms with van der Waals surface area (Å²) in [5.74, 6) is 0.807. The summed E-state index contributed by atoms with van der Waals surface area (Å²) >= 11 is 0. The smallest absolute Gasteiger partial charge is 0.119 e. The standard InChI is InChI=1S/C16H25NO3/c1-13-3-5-16(6-4-13)20-12-15(18)11-17-8-10-19-9-7-14(17)2/h3-6,14-15,18H,7-12H2,1-2H3. The summed E-state index contributed by atoms with van der Waals surface area (Å²) in [6.45, 7) is 7.62. The maximum atomic E-state index is 10.1. The van der Waals surface area contributed by atoms with E-state index in [0.717, 1.165) is 31.9 Å². The topological polar surface area (TPSA) is 41.9 Å². The van der Waals surface area contributed by atoms with Crippen molar-refractivity contribution in [3.63, 3.8) is 0 Å². The lowest BCUT2D eigenvalue weighted by Crippen LogP contribution is -2.41. The lowest BCUT2D eigenvalue weighted by Gasteiger charge is -2.28. The molecule has 0 spiro atoms. The minimum atomic E-state index is -0.475. The van der Waals surface area contributed by atoms with Gasteiger partial charge in [-0.05, 0) is 32.4 Å². The molecule has 20 heavy (non-hydrogen) atoms. The van der Waals surface area contributed by atoms with Gasteiger partial charge in [0.25, 0.3) is 0 Å². The van der Waals surface area contributed by atoms with Gasteiger partial charge in [0, 0.05) is 25.7 Å². The predicted molar refractivity (Wildman–Crippen MR) is 79.2 cm³/mol. The average Bonchev–Trinajstić information content (AvgIpc) is 2.64. The van der Waals surface area contributed by atoms with Crippen LogP contribution in [0, 0.1) is 6.92 Å². The third-order valence-corrected chi connectivity index (χ3v) is 3.73. The number of aliphatic hydroxyl groups excluding tert-OH is 1. The molecule has 0 saturated carbocycles. The first-order valence-electron chi connectivity index (χ1n) is 7.34. The third-order valence-electron chi connectivity index (χ3n) is 3.73. The highest BCUT2D eigenvalue weighted by Crippen LogP contribution is 2.13. The van der Waals surface area contributed by atoms with E-state index < -0.39 is 6.10 Å². The van der Waals surface area contributed by atoms with Crippen LogP contribution in [0.15, 0.2) is 24.3 Å². The quantitative estimate of drug-likeness (QED) is 0.893. The number of nitrogens with zero attached hydrogens (tertiary/aromatic N) is 1. The van der Waals surface area contributed by atoms with Gasteiger partial charge in [-0.2, -0.15) is 0 Å². The van der Waals surface area contributed by atoms with Crippen molar-refractivity contribution in [3.8, 4) is 5.75 Å². The second-order valence-corrected chi connectivity index (χ2v) is 5.52. The number of β-amino-alcohol motifs (C(OH)–C–C–N with tert-alkyl or cyclic N) is 1. The Morgan fingerprint density at radius 2 is 2.10 bits per heavy atom. The summed E-state index contributed by atoms with van der Waals surface area (Å²) in [6, 6.07) is 8.34. The molecule has 2 unspecified atom stereocenters. The van der Waals surface area contributed by atoms with Crippen molar-refractivity contribution < 1.29 is 14.6 Å². The molecule has 0 radical (unpaired) electrons. The summed E-state index contributed by atoms with van der Waals surface area (Å²) in [7, 11) is 0. The zero-order valence-electron chi connectivity index (χ0n) is 12.4. The minimum absolute atomic E-state index is 0.327. The van der Waals surface area contributed by atoms with Crippen LogP contribution in [0.25, 0.3) is 0 Å². The SMILES string of the molecule is Cc1ccc(OCC(O)CN2CCOCCC2C)cc1. The number of ether oxygens (including phenoxy) is 2. The number of hydrogen-bond donors (Lipinski definition) is 1. The molecule has 1 heterocycles. The van der Waals surface area contributed by atoms with E-state index in [4.69, 9.17) is 9.47 Å². The molecule has 0 aromatic heterocycles. The average molecular weight is 279 g/mol. The Morgan fingerprint density at radius 3 is 2.85 bits per heavy atom. The van der Waals surface area contributed by atoms with Gasteiger partial charge in [-0.3, -0.25) is 4.90 Å². The van der Waals surface area contributed by atoms with E-state index in [2.05, 4.69) is 11.8 Å². The van der Waals surface area contributed by atoms with Crippen molar-refractivity contribution in [1.29, 1.82) is 0 Å². The van der Waals surface area contributed by atoms with Crippen molar-refractivity contribution >= 4 is 0 Å². The van der Waals surface area contributed by atoms with Crippen molar-refractivity contribution in [3.05, 3.63) is 29.8 Å². The zero-order chi connectivity index (χ0) is 14.4. The Labute approximate surface area is 121 Å². The van der Waals surface area contributed by atoms with Crippen molar-refractivity contribution in [1.82, 2.24) is 4.90 Å². The molecule has 1 N–H and O–H groups in total. The maximum absolute atomic E-state index is 10.1. The maximum Gasteiger partial charge on any atom is 0.119 e. The lowest BCUT2D eigenvalue weighted by atomic mass is 10.2. The number of benzene rings is 1. The molecule has 0 bridgehead atoms. The van der Waals surface area contributed by atoms with Gasteiger partial charge in [0.2, 0.25) is 0 Å². The van der Waals surface area contributed by atoms with Crippen LogP contribution in [0.3, 0.4) is 0 Å². The first-order valence-corrected chi connectivity index (χ1v) is 7.34. The first-order chi connectivity index (χ1) is 9.65. The molecule has 1 aliphatic rings. The van der Waals surface area contributed by atoms with Gasteiger partial charge in [0.1, 0.15) is 18.5 Å². The van der Waals surface area contributed by atoms with Crippen molar-refractivity contribution in [2.75, 3.05) is 32.9 Å². The highest BCUT2D eigenvalue weighted by molar-refractivity contribution is 5.26. The molecule has 0 amide bonds. The Bertz CT molecular complexity index is 393. The Morgan fingerprint density at radius 1 is 1.35 bits per heavy atom. The van der Waals surface area contributed by atoms with Gasteiger partial charge in [-0.25, -0.2) is 0 Å². The molecule has 2 atom stereocenters. The zero-order valence-corrected chi connectivity index (χ0v) is 12.4. The Balaban J connectivity index is 1.76. The number of rotatable bonds is 5. The lowest BCUT2D eigenvalue weighted by molar-refractivity contribution is 0.0544. The van der Waals surface area contributed by atoms with Gasteiger partial charge < -0.3 is 14.6 Å². The fraction of sp³-hybridized carbons (Fsp3) is 0.625. The first kappa shape index (κ1) is 15.3. The monoisotopic (exact) mass is 279 g/mol. The van der Waals surface area contributed by atoms with E-state index in [1.807, 2.05) is 31.2 Å². The van der Waals surface area contributed by atoms with E-state index in [9.17, 15) is 5.11 Å². The second kappa shape index (κ2) is 7.62. The fourth-order valence-electron chi connectivity index (χ4n) is 2.36. The van der Waals surface area contributed by atoms with Crippen LogP contribution in [0.2, 0.25) is 0 Å². The molecular weight excluding hydrogens is 254 g/mol. The predicted octanol–water partition coefficient (Wildman–Crippen LogP) is 1.85. The van der Waals surface area contributed by atoms with E-state index in [0.29, 0.717) is 19.2 Å². The summed E-state index contributed by atoms with van der Waals surface area (Å²) < 4.78 is 11.1. The van der Waals surface area contributed by atoms with Gasteiger partial charge >= 0.3 is 0 Å². The minimum Gasteiger partial charge on any atom is -0.491 e. The highest BCUT2D eigenvalue weighted by atomic mass is 16.5. The molecule has 1 aliphatic heterocycles. The molecule has 1 aromatic carbocycles. The Hall–Kier alpha value is -1.10. The molecule has 4 heteroatoms. The summed E-state index contributed by atoms with van der Waals surface area (Å²) in [4.78, 5) is 2.27. The van der Waals surface area contributed by atoms with Crippen molar-refractivity contribution in [2.24, 2.45) is 0 Å². The summed E-state index contributed by atoms with van der Waals surface area (Å²) in [5.41, 5.74) is 1.20. The van der Waals surface area contributed by atoms with Crippen LogP contribution in [-0.2, 0) is 4.74 Å². The van der Waals surface area contributed by atoms with E-state index >= 15 is 0 Å². The molecule has 2 rings (SSSR count). The van der Waals surface area contributed by atoms with Crippen LogP contribution in [0.5, 0.6) is 5.75 Å². The normalized spacial score (nSPS) is 22.2. The molecule has 4 nitrogen and oxygen atoms in total. The van der Waals surface area contributed by atoms with Crippen LogP contribution in [0.4, 0.5) is 0 Å². The fourth-order valence-corrected chi connectivity index (χ4v) is 2.36. The molecule has 112 valence electrons. The summed E-state index contributed by atoms with van der Waals surface area (Å²) in [5, 5.41) is 10.1. The molecule has 1 saturated heterocycles. The summed E-state index contributed by atoms with van der Waals surface area (Å²) in [6.07, 6.45) is 0.544. The van der Waals surface area contributed by atoms with Gasteiger partial charge in [-0.1, -0.05) is 17.7 Å². The number of hydrogen-bond acceptors (Lipinski definition) is 4. The van der Waals surface area contributed by atoms with Crippen LogP contribution >= 0.6 is 0 Å². The number of aliphatic hydroxyl groups is 1. The molecule has 1 fully saturated rings. The van der Waals surface area contributed by atoms with E-state index in [1.165, 1.54) is 5.56 Å². The number of aryl methyl sites for hydroxylation is 1. The largest absolute Gasteiger partial charge is 0.491 e. The van der Waals surface area contributed by atoms with E-state index in [-0.39, 0.29) is 0 Å². The van der Waals surface area contributed by atoms with Crippen molar-refractivity contribution in [2.45, 2.75) is 32.4 Å². The Kier molecular flexibility index (Phi) is 5.83. The molecule has 0 aliphatic carbocycles. The van der Waals surface area contributed by atoms with Gasteiger partial charge in [-0.15, -0.1) is 0 Å². The van der Waals surface area contributed by atoms with E-state index in [1.54, 1.807) is 0 Å².